The molecule has 2 aromatic rings. The van der Waals surface area contributed by atoms with Crippen LogP contribution in [0.15, 0.2) is 34.8 Å². The number of rotatable bonds is 5. The first-order chi connectivity index (χ1) is 15.2. The van der Waals surface area contributed by atoms with Crippen molar-refractivity contribution in [2.45, 2.75) is 66.7 Å². The van der Waals surface area contributed by atoms with Crippen LogP contribution in [0.4, 0.5) is 11.4 Å². The van der Waals surface area contributed by atoms with Gasteiger partial charge in [0.1, 0.15) is 5.75 Å². The Balaban J connectivity index is 0.000000278. The largest absolute Gasteiger partial charge is 0.496 e. The number of nitrogens with one attached hydrogen (secondary N) is 1. The number of ether oxygens (including phenoxy) is 1. The van der Waals surface area contributed by atoms with Crippen molar-refractivity contribution in [1.29, 1.82) is 0 Å². The number of aryl methyl sites for hydroxylation is 2. The Bertz CT molecular complexity index is 880. The van der Waals surface area contributed by atoms with Crippen molar-refractivity contribution in [3.05, 3.63) is 51.5 Å². The van der Waals surface area contributed by atoms with Crippen LogP contribution in [0.5, 0.6) is 5.75 Å². The van der Waals surface area contributed by atoms with Gasteiger partial charge in [-0.3, -0.25) is 4.79 Å². The van der Waals surface area contributed by atoms with Gasteiger partial charge >= 0.3 is 0 Å². The van der Waals surface area contributed by atoms with Crippen molar-refractivity contribution in [1.82, 2.24) is 0 Å². The number of nitrogens with two attached hydrogens (primary N) is 1. The average Bonchev–Trinajstić information content (AvgIpc) is 2.75. The highest BCUT2D eigenvalue weighted by Crippen LogP contribution is 2.34. The highest BCUT2D eigenvalue weighted by molar-refractivity contribution is 9.10. The molecular formula is C27H39BrN2O2. The molecule has 0 heterocycles. The summed E-state index contributed by atoms with van der Waals surface area (Å²) in [5, 5.41) is 3.04. The molecule has 1 aliphatic rings. The quantitative estimate of drug-likeness (QED) is 0.421. The molecule has 1 amide bonds. The van der Waals surface area contributed by atoms with E-state index in [9.17, 15) is 4.79 Å². The van der Waals surface area contributed by atoms with Crippen LogP contribution in [0.2, 0.25) is 0 Å². The number of benzene rings is 2. The van der Waals surface area contributed by atoms with E-state index < -0.39 is 0 Å². The summed E-state index contributed by atoms with van der Waals surface area (Å²) in [5.41, 5.74) is 11.1. The predicted molar refractivity (Wildman–Crippen MR) is 139 cm³/mol. The fourth-order valence-corrected chi connectivity index (χ4v) is 5.06. The Morgan fingerprint density at radius 3 is 2.31 bits per heavy atom. The molecule has 0 unspecified atom stereocenters. The fraction of sp³-hybridized carbons (Fsp3) is 0.519. The molecule has 5 heteroatoms. The lowest BCUT2D eigenvalue weighted by Crippen LogP contribution is -2.28. The molecule has 1 saturated carbocycles. The third-order valence-electron chi connectivity index (χ3n) is 6.59. The Kier molecular flexibility index (Phi) is 10.1. The minimum atomic E-state index is 0.156. The van der Waals surface area contributed by atoms with Crippen molar-refractivity contribution >= 4 is 33.2 Å². The maximum Gasteiger partial charge on any atom is 0.227 e. The molecule has 2 aromatic carbocycles. The van der Waals surface area contributed by atoms with Gasteiger partial charge in [-0.25, -0.2) is 0 Å². The third-order valence-corrected chi connectivity index (χ3v) is 7.04. The molecule has 32 heavy (non-hydrogen) atoms. The normalized spacial score (nSPS) is 18.0. The zero-order valence-corrected chi connectivity index (χ0v) is 22.0. The number of nitrogen functional groups attached to an aromatic ring is 1. The first-order valence-electron chi connectivity index (χ1n) is 11.7. The van der Waals surface area contributed by atoms with Gasteiger partial charge in [-0.15, -0.1) is 0 Å². The smallest absolute Gasteiger partial charge is 0.227 e. The van der Waals surface area contributed by atoms with Crippen LogP contribution in [0.1, 0.15) is 63.1 Å². The van der Waals surface area contributed by atoms with E-state index in [2.05, 4.69) is 55.0 Å². The summed E-state index contributed by atoms with van der Waals surface area (Å²) in [5.74, 6) is 2.65. The highest BCUT2D eigenvalue weighted by atomic mass is 79.9. The zero-order chi connectivity index (χ0) is 23.8. The molecule has 0 atom stereocenters. The van der Waals surface area contributed by atoms with Gasteiger partial charge in [0.2, 0.25) is 5.91 Å². The molecule has 0 radical (unpaired) electrons. The summed E-state index contributed by atoms with van der Waals surface area (Å²) in [6.45, 7) is 10.8. The number of halogens is 1. The van der Waals surface area contributed by atoms with E-state index in [1.54, 1.807) is 7.11 Å². The minimum Gasteiger partial charge on any atom is -0.496 e. The van der Waals surface area contributed by atoms with E-state index in [1.807, 2.05) is 31.2 Å². The number of amides is 1. The van der Waals surface area contributed by atoms with Crippen LogP contribution in [0.25, 0.3) is 0 Å². The molecule has 1 aliphatic carbocycles. The standard InChI is InChI=1S/C18H27NO2.C9H12BrN/c1-12(2)14-6-8-15(9-7-14)18(20)19-16-10-5-13(3)17(11-16)21-4;1-3-8-6(2)4-7(10)5-9(8)11/h5,10-12,14-15H,6-9H2,1-4H3,(H,19,20);4-5H,3,11H2,1-2H3. The summed E-state index contributed by atoms with van der Waals surface area (Å²) < 4.78 is 6.36. The van der Waals surface area contributed by atoms with Gasteiger partial charge in [0.05, 0.1) is 7.11 Å². The van der Waals surface area contributed by atoms with Gasteiger partial charge in [0, 0.05) is 27.8 Å². The molecule has 0 aromatic heterocycles. The highest BCUT2D eigenvalue weighted by Gasteiger charge is 2.27. The molecule has 1 fully saturated rings. The number of hydrogen-bond donors (Lipinski definition) is 2. The molecule has 0 aliphatic heterocycles. The third kappa shape index (κ3) is 7.26. The van der Waals surface area contributed by atoms with Crippen molar-refractivity contribution in [2.24, 2.45) is 17.8 Å². The van der Waals surface area contributed by atoms with Crippen LogP contribution in [-0.2, 0) is 11.2 Å². The van der Waals surface area contributed by atoms with Crippen LogP contribution in [0, 0.1) is 31.6 Å². The minimum absolute atomic E-state index is 0.156. The fourth-order valence-electron chi connectivity index (χ4n) is 4.47. The van der Waals surface area contributed by atoms with Crippen molar-refractivity contribution < 1.29 is 9.53 Å². The predicted octanol–water partition coefficient (Wildman–Crippen LogP) is 7.31. The van der Waals surface area contributed by atoms with E-state index in [4.69, 9.17) is 10.5 Å². The first kappa shape index (κ1) is 26.2. The second-order valence-electron chi connectivity index (χ2n) is 9.17. The summed E-state index contributed by atoms with van der Waals surface area (Å²) >= 11 is 3.40. The Hall–Kier alpha value is -2.01. The van der Waals surface area contributed by atoms with Crippen molar-refractivity contribution in [3.63, 3.8) is 0 Å². The first-order valence-corrected chi connectivity index (χ1v) is 12.5. The van der Waals surface area contributed by atoms with Crippen LogP contribution in [0.3, 0.4) is 0 Å². The topological polar surface area (TPSA) is 64.3 Å². The number of anilines is 2. The molecular weight excluding hydrogens is 464 g/mol. The molecule has 0 spiro atoms. The maximum atomic E-state index is 12.4. The molecule has 3 N–H and O–H groups in total. The zero-order valence-electron chi connectivity index (χ0n) is 20.4. The van der Waals surface area contributed by atoms with E-state index >= 15 is 0 Å². The molecule has 176 valence electrons. The lowest BCUT2D eigenvalue weighted by Gasteiger charge is -2.30. The van der Waals surface area contributed by atoms with Crippen molar-refractivity contribution in [3.8, 4) is 5.75 Å². The van der Waals surface area contributed by atoms with E-state index in [-0.39, 0.29) is 11.8 Å². The molecule has 0 bridgehead atoms. The summed E-state index contributed by atoms with van der Waals surface area (Å²) in [6, 6.07) is 9.85. The van der Waals surface area contributed by atoms with Gasteiger partial charge < -0.3 is 15.8 Å². The van der Waals surface area contributed by atoms with Gasteiger partial charge in [-0.1, -0.05) is 42.8 Å². The summed E-state index contributed by atoms with van der Waals surface area (Å²) in [7, 11) is 1.65. The van der Waals surface area contributed by atoms with Gasteiger partial charge in [-0.2, -0.15) is 0 Å². The molecule has 4 nitrogen and oxygen atoms in total. The van der Waals surface area contributed by atoms with Gasteiger partial charge in [0.15, 0.2) is 0 Å². The van der Waals surface area contributed by atoms with Crippen LogP contribution < -0.4 is 15.8 Å². The van der Waals surface area contributed by atoms with E-state index in [1.165, 1.54) is 24.0 Å². The maximum absolute atomic E-state index is 12.4. The van der Waals surface area contributed by atoms with Crippen molar-refractivity contribution in [2.75, 3.05) is 18.2 Å². The number of carbonyl (C=O) groups is 1. The Labute approximate surface area is 202 Å². The molecule has 3 rings (SSSR count). The lowest BCUT2D eigenvalue weighted by atomic mass is 9.76. The monoisotopic (exact) mass is 502 g/mol. The average molecular weight is 504 g/mol. The van der Waals surface area contributed by atoms with Crippen LogP contribution in [-0.4, -0.2) is 13.0 Å². The van der Waals surface area contributed by atoms with Gasteiger partial charge in [0.25, 0.3) is 0 Å². The summed E-state index contributed by atoms with van der Waals surface area (Å²) in [4.78, 5) is 12.4. The van der Waals surface area contributed by atoms with E-state index in [0.29, 0.717) is 0 Å². The number of hydrogen-bond acceptors (Lipinski definition) is 3. The second kappa shape index (κ2) is 12.3. The van der Waals surface area contributed by atoms with Crippen LogP contribution >= 0.6 is 15.9 Å². The Morgan fingerprint density at radius 1 is 1.12 bits per heavy atom. The number of methoxy groups -OCH3 is 1. The molecule has 0 saturated heterocycles. The second-order valence-corrected chi connectivity index (χ2v) is 10.1. The summed E-state index contributed by atoms with van der Waals surface area (Å²) in [6.07, 6.45) is 5.38. The lowest BCUT2D eigenvalue weighted by molar-refractivity contribution is -0.121. The Morgan fingerprint density at radius 2 is 1.78 bits per heavy atom. The van der Waals surface area contributed by atoms with E-state index in [0.717, 1.165) is 58.3 Å². The van der Waals surface area contributed by atoms with Gasteiger partial charge in [-0.05, 0) is 92.7 Å². The SMILES string of the molecule is CCc1c(C)cc(Br)cc1N.COc1cc(NC(=O)C2CCC(C(C)C)CC2)ccc1C. The number of carbonyl (C=O) groups excluding carboxylic acids is 1.